The number of aryl methyl sites for hydroxylation is 1. The first kappa shape index (κ1) is 26.8. The minimum absolute atomic E-state index is 0.00208. The molecular formula is C30H36N2O4. The molecule has 3 rings (SSSR count). The van der Waals surface area contributed by atoms with Crippen molar-refractivity contribution in [1.82, 2.24) is 10.2 Å². The summed E-state index contributed by atoms with van der Waals surface area (Å²) >= 11 is 0. The molecule has 0 spiro atoms. The third-order valence-corrected chi connectivity index (χ3v) is 6.13. The van der Waals surface area contributed by atoms with Crippen molar-refractivity contribution in [3.05, 3.63) is 95.6 Å². The third kappa shape index (κ3) is 7.87. The molecule has 0 fully saturated rings. The van der Waals surface area contributed by atoms with E-state index < -0.39 is 6.04 Å². The molecule has 3 aromatic carbocycles. The minimum atomic E-state index is -0.686. The quantitative estimate of drug-likeness (QED) is 0.392. The van der Waals surface area contributed by atoms with E-state index in [1.807, 2.05) is 75.4 Å². The van der Waals surface area contributed by atoms with Crippen molar-refractivity contribution in [2.75, 3.05) is 13.7 Å². The van der Waals surface area contributed by atoms with Crippen LogP contribution in [0.3, 0.4) is 0 Å². The molecule has 6 nitrogen and oxygen atoms in total. The lowest BCUT2D eigenvalue weighted by Crippen LogP contribution is -2.53. The van der Waals surface area contributed by atoms with Gasteiger partial charge in [-0.3, -0.25) is 9.59 Å². The fourth-order valence-corrected chi connectivity index (χ4v) is 3.90. The molecule has 36 heavy (non-hydrogen) atoms. The molecule has 6 heteroatoms. The monoisotopic (exact) mass is 488 g/mol. The van der Waals surface area contributed by atoms with Gasteiger partial charge in [0.25, 0.3) is 5.91 Å². The van der Waals surface area contributed by atoms with Crippen LogP contribution in [-0.4, -0.2) is 42.5 Å². The number of ether oxygens (including phenoxy) is 2. The summed E-state index contributed by atoms with van der Waals surface area (Å²) in [5.74, 6) is 0.842. The van der Waals surface area contributed by atoms with E-state index in [1.165, 1.54) is 0 Å². The molecule has 3 aromatic rings. The molecule has 0 aliphatic carbocycles. The first-order chi connectivity index (χ1) is 17.4. The molecule has 2 amide bonds. The molecule has 0 unspecified atom stereocenters. The number of carbonyl (C=O) groups is 2. The van der Waals surface area contributed by atoms with Crippen LogP contribution >= 0.6 is 0 Å². The number of benzene rings is 3. The molecule has 0 bridgehead atoms. The normalized spacial score (nSPS) is 12.3. The van der Waals surface area contributed by atoms with Crippen molar-refractivity contribution >= 4 is 11.8 Å². The van der Waals surface area contributed by atoms with Gasteiger partial charge in [0.1, 0.15) is 17.5 Å². The Hall–Kier alpha value is -3.80. The number of hydrogen-bond acceptors (Lipinski definition) is 4. The predicted molar refractivity (Wildman–Crippen MR) is 142 cm³/mol. The van der Waals surface area contributed by atoms with Gasteiger partial charge < -0.3 is 19.7 Å². The second kappa shape index (κ2) is 13.3. The van der Waals surface area contributed by atoms with Crippen LogP contribution in [0.1, 0.15) is 37.0 Å². The van der Waals surface area contributed by atoms with Gasteiger partial charge in [0.05, 0.1) is 7.11 Å². The molecule has 0 aromatic heterocycles. The average Bonchev–Trinajstić information content (AvgIpc) is 2.90. The topological polar surface area (TPSA) is 67.9 Å². The van der Waals surface area contributed by atoms with E-state index in [2.05, 4.69) is 5.32 Å². The summed E-state index contributed by atoms with van der Waals surface area (Å²) in [6.07, 6.45) is 1.21. The van der Waals surface area contributed by atoms with Crippen molar-refractivity contribution in [3.63, 3.8) is 0 Å². The zero-order chi connectivity index (χ0) is 25.9. The van der Waals surface area contributed by atoms with Crippen LogP contribution in [0.15, 0.2) is 78.9 Å². The summed E-state index contributed by atoms with van der Waals surface area (Å²) in [5.41, 5.74) is 3.04. The summed E-state index contributed by atoms with van der Waals surface area (Å²) in [7, 11) is 1.60. The van der Waals surface area contributed by atoms with Crippen molar-refractivity contribution in [1.29, 1.82) is 0 Å². The Kier molecular flexibility index (Phi) is 9.92. The van der Waals surface area contributed by atoms with Gasteiger partial charge >= 0.3 is 0 Å². The molecule has 190 valence electrons. The highest BCUT2D eigenvalue weighted by Gasteiger charge is 2.31. The van der Waals surface area contributed by atoms with E-state index in [9.17, 15) is 9.59 Å². The van der Waals surface area contributed by atoms with E-state index in [0.29, 0.717) is 24.5 Å². The second-order valence-electron chi connectivity index (χ2n) is 9.00. The van der Waals surface area contributed by atoms with Crippen molar-refractivity contribution < 1.29 is 19.1 Å². The third-order valence-electron chi connectivity index (χ3n) is 6.13. The molecule has 0 heterocycles. The van der Waals surface area contributed by atoms with Crippen LogP contribution in [0.5, 0.6) is 11.5 Å². The van der Waals surface area contributed by atoms with Gasteiger partial charge in [0.15, 0.2) is 6.61 Å². The number of rotatable bonds is 12. The SMILES string of the molecule is CC[C@@H](C)NC(=O)[C@H](Cc1ccccc1)N(Cc1cccc(C)c1)C(=O)COc1ccc(OC)cc1. The van der Waals surface area contributed by atoms with Crippen LogP contribution < -0.4 is 14.8 Å². The van der Waals surface area contributed by atoms with E-state index in [0.717, 1.165) is 23.1 Å². The summed E-state index contributed by atoms with van der Waals surface area (Å²) < 4.78 is 11.0. The number of nitrogens with one attached hydrogen (secondary N) is 1. The number of methoxy groups -OCH3 is 1. The van der Waals surface area contributed by atoms with Crippen molar-refractivity contribution in [2.45, 2.75) is 52.2 Å². The number of nitrogens with zero attached hydrogens (tertiary/aromatic N) is 1. The lowest BCUT2D eigenvalue weighted by atomic mass is 10.0. The molecule has 2 atom stereocenters. The Morgan fingerprint density at radius 3 is 2.22 bits per heavy atom. The fourth-order valence-electron chi connectivity index (χ4n) is 3.90. The lowest BCUT2D eigenvalue weighted by molar-refractivity contribution is -0.143. The van der Waals surface area contributed by atoms with Crippen LogP contribution in [0.2, 0.25) is 0 Å². The Morgan fingerprint density at radius 1 is 0.917 bits per heavy atom. The smallest absolute Gasteiger partial charge is 0.261 e. The zero-order valence-corrected chi connectivity index (χ0v) is 21.6. The first-order valence-electron chi connectivity index (χ1n) is 12.4. The lowest BCUT2D eigenvalue weighted by Gasteiger charge is -2.32. The standard InChI is InChI=1S/C30H36N2O4/c1-5-23(3)31-30(34)28(19-24-11-7-6-8-12-24)32(20-25-13-9-10-22(2)18-25)29(33)21-36-27-16-14-26(35-4)15-17-27/h6-18,23,28H,5,19-21H2,1-4H3,(H,31,34)/t23-,28+/m1/s1. The van der Waals surface area contributed by atoms with Crippen LogP contribution in [0, 0.1) is 6.92 Å². The Balaban J connectivity index is 1.89. The predicted octanol–water partition coefficient (Wildman–Crippen LogP) is 4.94. The van der Waals surface area contributed by atoms with Crippen LogP contribution in [0.25, 0.3) is 0 Å². The maximum atomic E-state index is 13.6. The first-order valence-corrected chi connectivity index (χ1v) is 12.4. The van der Waals surface area contributed by atoms with Crippen molar-refractivity contribution in [3.8, 4) is 11.5 Å². The molecular weight excluding hydrogens is 452 g/mol. The Morgan fingerprint density at radius 2 is 1.58 bits per heavy atom. The molecule has 0 radical (unpaired) electrons. The summed E-state index contributed by atoms with van der Waals surface area (Å²) in [6, 6.07) is 24.2. The zero-order valence-electron chi connectivity index (χ0n) is 21.6. The number of hydrogen-bond donors (Lipinski definition) is 1. The Bertz CT molecular complexity index is 1120. The van der Waals surface area contributed by atoms with Gasteiger partial charge in [-0.2, -0.15) is 0 Å². The van der Waals surface area contributed by atoms with Gasteiger partial charge in [-0.15, -0.1) is 0 Å². The van der Waals surface area contributed by atoms with Gasteiger partial charge in [-0.05, 0) is 55.7 Å². The number of carbonyl (C=O) groups excluding carboxylic acids is 2. The molecule has 0 saturated heterocycles. The largest absolute Gasteiger partial charge is 0.497 e. The molecule has 1 N–H and O–H groups in total. The fraction of sp³-hybridized carbons (Fsp3) is 0.333. The summed E-state index contributed by atoms with van der Waals surface area (Å²) in [4.78, 5) is 28.8. The van der Waals surface area contributed by atoms with Crippen LogP contribution in [-0.2, 0) is 22.6 Å². The Labute approximate surface area is 214 Å². The highest BCUT2D eigenvalue weighted by atomic mass is 16.5. The molecule has 0 aliphatic heterocycles. The van der Waals surface area contributed by atoms with Gasteiger partial charge in [-0.25, -0.2) is 0 Å². The maximum absolute atomic E-state index is 13.6. The minimum Gasteiger partial charge on any atom is -0.497 e. The molecule has 0 saturated carbocycles. The molecule has 0 aliphatic rings. The van der Waals surface area contributed by atoms with Crippen molar-refractivity contribution in [2.24, 2.45) is 0 Å². The maximum Gasteiger partial charge on any atom is 0.261 e. The average molecular weight is 489 g/mol. The van der Waals surface area contributed by atoms with Gasteiger partial charge in [0.2, 0.25) is 5.91 Å². The summed E-state index contributed by atoms with van der Waals surface area (Å²) in [6.45, 7) is 6.13. The van der Waals surface area contributed by atoms with Gasteiger partial charge in [-0.1, -0.05) is 67.1 Å². The van der Waals surface area contributed by atoms with Gasteiger partial charge in [0, 0.05) is 19.0 Å². The number of amides is 2. The van der Waals surface area contributed by atoms with E-state index in [1.54, 1.807) is 36.3 Å². The summed E-state index contributed by atoms with van der Waals surface area (Å²) in [5, 5.41) is 3.08. The van der Waals surface area contributed by atoms with E-state index >= 15 is 0 Å². The highest BCUT2D eigenvalue weighted by molar-refractivity contribution is 5.88. The highest BCUT2D eigenvalue weighted by Crippen LogP contribution is 2.19. The van der Waals surface area contributed by atoms with E-state index in [-0.39, 0.29) is 24.5 Å². The second-order valence-corrected chi connectivity index (χ2v) is 9.00. The van der Waals surface area contributed by atoms with Crippen LogP contribution in [0.4, 0.5) is 0 Å². The van der Waals surface area contributed by atoms with E-state index in [4.69, 9.17) is 9.47 Å².